The maximum atomic E-state index is 11.3. The van der Waals surface area contributed by atoms with E-state index in [2.05, 4.69) is 4.74 Å². The van der Waals surface area contributed by atoms with Crippen LogP contribution in [0.3, 0.4) is 0 Å². The molecule has 1 rings (SSSR count). The van der Waals surface area contributed by atoms with Crippen LogP contribution in [0.5, 0.6) is 0 Å². The molecule has 2 atom stereocenters. The highest BCUT2D eigenvalue weighted by Crippen LogP contribution is 2.24. The van der Waals surface area contributed by atoms with Crippen molar-refractivity contribution >= 4 is 17.6 Å². The van der Waals surface area contributed by atoms with Gasteiger partial charge in [0, 0.05) is 17.7 Å². The number of nitrogens with zero attached hydrogens (tertiary/aromatic N) is 1. The number of aliphatic hydroxyl groups excluding tert-OH is 2. The van der Waals surface area contributed by atoms with Crippen LogP contribution in [-0.4, -0.2) is 39.7 Å². The number of nitro groups is 1. The van der Waals surface area contributed by atoms with Crippen LogP contribution in [0.1, 0.15) is 28.9 Å². The zero-order valence-corrected chi connectivity index (χ0v) is 11.1. The van der Waals surface area contributed by atoms with Crippen LogP contribution >= 0.6 is 0 Å². The van der Waals surface area contributed by atoms with Crippen LogP contribution in [0.25, 0.3) is 0 Å². The Bertz CT molecular complexity index is 540. The van der Waals surface area contributed by atoms with Gasteiger partial charge in [0.2, 0.25) is 5.91 Å². The summed E-state index contributed by atoms with van der Waals surface area (Å²) in [5.74, 6) is -2.03. The average molecular weight is 298 g/mol. The predicted molar refractivity (Wildman–Crippen MR) is 69.2 cm³/mol. The van der Waals surface area contributed by atoms with Crippen LogP contribution in [-0.2, 0) is 9.53 Å². The molecule has 0 aliphatic heterocycles. The van der Waals surface area contributed by atoms with Gasteiger partial charge in [-0.2, -0.15) is 0 Å². The number of esters is 1. The maximum Gasteiger partial charge on any atom is 0.338 e. The summed E-state index contributed by atoms with van der Waals surface area (Å²) in [5, 5.41) is 30.3. The van der Waals surface area contributed by atoms with Gasteiger partial charge in [-0.1, -0.05) is 0 Å². The number of aliphatic hydroxyl groups is 2. The second-order valence-corrected chi connectivity index (χ2v) is 4.08. The van der Waals surface area contributed by atoms with Crippen LogP contribution < -0.4 is 5.73 Å². The minimum atomic E-state index is -1.94. The number of carbonyl (C=O) groups excluding carboxylic acids is 2. The SMILES string of the molecule is CCOC(=O)C(O)C(O)c1cc(C(N)=O)cc([N+](=O)[O-])c1. The van der Waals surface area contributed by atoms with E-state index in [9.17, 15) is 29.9 Å². The predicted octanol–water partition coefficient (Wildman–Crippen LogP) is -0.349. The smallest absolute Gasteiger partial charge is 0.338 e. The standard InChI is InChI=1S/C12H14N2O7/c1-2-21-12(18)10(16)9(15)6-3-7(11(13)17)5-8(4-6)14(19)20/h3-5,9-10,15-16H,2H2,1H3,(H2,13,17). The molecule has 114 valence electrons. The van der Waals surface area contributed by atoms with Gasteiger partial charge in [0.05, 0.1) is 11.5 Å². The molecule has 1 aromatic rings. The van der Waals surface area contributed by atoms with Crippen LogP contribution in [0.15, 0.2) is 18.2 Å². The van der Waals surface area contributed by atoms with E-state index in [1.165, 1.54) is 6.92 Å². The molecule has 0 aliphatic rings. The van der Waals surface area contributed by atoms with Gasteiger partial charge in [-0.3, -0.25) is 14.9 Å². The van der Waals surface area contributed by atoms with Crippen molar-refractivity contribution in [1.82, 2.24) is 0 Å². The fraction of sp³-hybridized carbons (Fsp3) is 0.333. The Hall–Kier alpha value is -2.52. The van der Waals surface area contributed by atoms with E-state index in [0.717, 1.165) is 18.2 Å². The van der Waals surface area contributed by atoms with E-state index in [-0.39, 0.29) is 17.7 Å². The highest BCUT2D eigenvalue weighted by atomic mass is 16.6. The molecular weight excluding hydrogens is 284 g/mol. The maximum absolute atomic E-state index is 11.3. The van der Waals surface area contributed by atoms with Gasteiger partial charge in [-0.15, -0.1) is 0 Å². The summed E-state index contributed by atoms with van der Waals surface area (Å²) >= 11 is 0. The Morgan fingerprint density at radius 3 is 2.48 bits per heavy atom. The zero-order valence-electron chi connectivity index (χ0n) is 11.1. The third-order valence-corrected chi connectivity index (χ3v) is 2.60. The molecule has 0 bridgehead atoms. The summed E-state index contributed by atoms with van der Waals surface area (Å²) in [6, 6.07) is 2.91. The van der Waals surface area contributed by atoms with E-state index < -0.39 is 34.7 Å². The zero-order chi connectivity index (χ0) is 16.2. The molecule has 2 unspecified atom stereocenters. The number of nitro benzene ring substituents is 1. The largest absolute Gasteiger partial charge is 0.464 e. The molecule has 9 heteroatoms. The normalized spacial score (nSPS) is 13.3. The summed E-state index contributed by atoms with van der Waals surface area (Å²) in [7, 11) is 0. The van der Waals surface area contributed by atoms with Gasteiger partial charge in [-0.05, 0) is 18.6 Å². The molecule has 1 amide bonds. The number of benzene rings is 1. The second-order valence-electron chi connectivity index (χ2n) is 4.08. The summed E-state index contributed by atoms with van der Waals surface area (Å²) < 4.78 is 4.53. The monoisotopic (exact) mass is 298 g/mol. The van der Waals surface area contributed by atoms with Crippen LogP contribution in [0.2, 0.25) is 0 Å². The molecule has 0 spiro atoms. The van der Waals surface area contributed by atoms with Gasteiger partial charge in [0.1, 0.15) is 6.10 Å². The number of primary amides is 1. The minimum Gasteiger partial charge on any atom is -0.464 e. The molecule has 1 aromatic carbocycles. The van der Waals surface area contributed by atoms with Crippen molar-refractivity contribution in [2.75, 3.05) is 6.61 Å². The van der Waals surface area contributed by atoms with Crippen molar-refractivity contribution in [3.63, 3.8) is 0 Å². The third-order valence-electron chi connectivity index (χ3n) is 2.60. The summed E-state index contributed by atoms with van der Waals surface area (Å²) in [4.78, 5) is 32.4. The first-order valence-corrected chi connectivity index (χ1v) is 5.89. The van der Waals surface area contributed by atoms with Gasteiger partial charge < -0.3 is 20.7 Å². The summed E-state index contributed by atoms with van der Waals surface area (Å²) in [6.45, 7) is 1.50. The lowest BCUT2D eigenvalue weighted by molar-refractivity contribution is -0.385. The molecule has 0 saturated carbocycles. The minimum absolute atomic E-state index is 0.00983. The lowest BCUT2D eigenvalue weighted by Crippen LogP contribution is -2.30. The third kappa shape index (κ3) is 3.97. The van der Waals surface area contributed by atoms with Gasteiger partial charge in [-0.25, -0.2) is 4.79 Å². The number of non-ortho nitro benzene ring substituents is 1. The van der Waals surface area contributed by atoms with Gasteiger partial charge in [0.15, 0.2) is 6.10 Å². The van der Waals surface area contributed by atoms with Crippen molar-refractivity contribution in [3.05, 3.63) is 39.4 Å². The van der Waals surface area contributed by atoms with Gasteiger partial charge in [0.25, 0.3) is 5.69 Å². The first-order chi connectivity index (χ1) is 9.77. The van der Waals surface area contributed by atoms with E-state index in [0.29, 0.717) is 0 Å². The topological polar surface area (TPSA) is 153 Å². The Kier molecular flexibility index (Phi) is 5.33. The summed E-state index contributed by atoms with van der Waals surface area (Å²) in [6.07, 6.45) is -3.73. The molecule has 21 heavy (non-hydrogen) atoms. The Morgan fingerprint density at radius 2 is 2.00 bits per heavy atom. The highest BCUT2D eigenvalue weighted by Gasteiger charge is 2.29. The molecule has 0 aliphatic carbocycles. The molecular formula is C12H14N2O7. The van der Waals surface area contributed by atoms with E-state index in [1.807, 2.05) is 0 Å². The first kappa shape index (κ1) is 16.5. The van der Waals surface area contributed by atoms with E-state index >= 15 is 0 Å². The van der Waals surface area contributed by atoms with Crippen molar-refractivity contribution in [2.24, 2.45) is 5.73 Å². The Labute approximate surface area is 119 Å². The van der Waals surface area contributed by atoms with E-state index in [4.69, 9.17) is 5.73 Å². The average Bonchev–Trinajstić information content (AvgIpc) is 2.45. The molecule has 0 heterocycles. The van der Waals surface area contributed by atoms with Crippen LogP contribution in [0.4, 0.5) is 5.69 Å². The number of hydrogen-bond donors (Lipinski definition) is 3. The Morgan fingerprint density at radius 1 is 1.38 bits per heavy atom. The quantitative estimate of drug-likeness (QED) is 0.368. The van der Waals surface area contributed by atoms with E-state index in [1.54, 1.807) is 0 Å². The van der Waals surface area contributed by atoms with Crippen LogP contribution in [0, 0.1) is 10.1 Å². The highest BCUT2D eigenvalue weighted by molar-refractivity contribution is 5.93. The number of ether oxygens (including phenoxy) is 1. The molecule has 4 N–H and O–H groups in total. The molecule has 0 saturated heterocycles. The number of rotatable bonds is 6. The molecule has 0 fully saturated rings. The van der Waals surface area contributed by atoms with Crippen molar-refractivity contribution in [3.8, 4) is 0 Å². The van der Waals surface area contributed by atoms with Crippen molar-refractivity contribution < 1.29 is 29.5 Å². The summed E-state index contributed by atoms with van der Waals surface area (Å²) in [5.41, 5.74) is 4.11. The van der Waals surface area contributed by atoms with Crippen molar-refractivity contribution in [1.29, 1.82) is 0 Å². The molecule has 9 nitrogen and oxygen atoms in total. The number of hydrogen-bond acceptors (Lipinski definition) is 7. The fourth-order valence-electron chi connectivity index (χ4n) is 1.59. The second kappa shape index (κ2) is 6.77. The van der Waals surface area contributed by atoms with Gasteiger partial charge >= 0.3 is 5.97 Å². The first-order valence-electron chi connectivity index (χ1n) is 5.89. The molecule has 0 aromatic heterocycles. The lowest BCUT2D eigenvalue weighted by Gasteiger charge is -2.17. The fourth-order valence-corrected chi connectivity index (χ4v) is 1.59. The Balaban J connectivity index is 3.19. The number of carbonyl (C=O) groups is 2. The number of amides is 1. The lowest BCUT2D eigenvalue weighted by atomic mass is 10.0. The van der Waals surface area contributed by atoms with Crippen molar-refractivity contribution in [2.45, 2.75) is 19.1 Å². The molecule has 0 radical (unpaired) electrons. The number of nitrogens with two attached hydrogens (primary N) is 1.